The van der Waals surface area contributed by atoms with Crippen LogP contribution in [-0.2, 0) is 0 Å². The van der Waals surface area contributed by atoms with Crippen LogP contribution >= 0.6 is 0 Å². The van der Waals surface area contributed by atoms with Crippen molar-refractivity contribution in [2.24, 2.45) is 29.4 Å². The molecule has 4 saturated carbocycles. The maximum atomic E-state index is 6.02. The Morgan fingerprint density at radius 3 is 2.26 bits per heavy atom. The Labute approximate surface area is 115 Å². The van der Waals surface area contributed by atoms with E-state index in [1.807, 2.05) is 6.20 Å². The van der Waals surface area contributed by atoms with Crippen molar-refractivity contribution in [3.8, 4) is 0 Å². The molecule has 4 bridgehead atoms. The summed E-state index contributed by atoms with van der Waals surface area (Å²) < 4.78 is 0. The van der Waals surface area contributed by atoms with E-state index in [-0.39, 0.29) is 6.04 Å². The minimum Gasteiger partial charge on any atom is -0.324 e. The minimum absolute atomic E-state index is 0.101. The first-order chi connectivity index (χ1) is 9.20. The van der Waals surface area contributed by atoms with Gasteiger partial charge in [-0.05, 0) is 79.7 Å². The van der Waals surface area contributed by atoms with E-state index in [1.54, 1.807) is 0 Å². The molecular weight excluding hydrogens is 232 g/mol. The van der Waals surface area contributed by atoms with E-state index >= 15 is 0 Å². The van der Waals surface area contributed by atoms with Crippen LogP contribution < -0.4 is 5.73 Å². The van der Waals surface area contributed by atoms with Crippen LogP contribution in [-0.4, -0.2) is 4.98 Å². The molecule has 1 heterocycles. The maximum Gasteiger partial charge on any atom is 0.0315 e. The zero-order valence-corrected chi connectivity index (χ0v) is 11.8. The topological polar surface area (TPSA) is 38.9 Å². The van der Waals surface area contributed by atoms with Crippen molar-refractivity contribution in [3.05, 3.63) is 29.6 Å². The summed E-state index contributed by atoms with van der Waals surface area (Å²) in [5.41, 5.74) is 8.69. The lowest BCUT2D eigenvalue weighted by Crippen LogP contribution is -2.43. The fraction of sp³-hybridized carbons (Fsp3) is 0.706. The summed E-state index contributed by atoms with van der Waals surface area (Å²) in [4.78, 5) is 4.46. The number of pyridine rings is 1. The van der Waals surface area contributed by atoms with Gasteiger partial charge >= 0.3 is 0 Å². The average molecular weight is 256 g/mol. The fourth-order valence-corrected chi connectivity index (χ4v) is 5.38. The predicted octanol–water partition coefficient (Wildman–Crippen LogP) is 3.64. The highest BCUT2D eigenvalue weighted by atomic mass is 14.7. The highest BCUT2D eigenvalue weighted by Crippen LogP contribution is 2.59. The van der Waals surface area contributed by atoms with Crippen LogP contribution in [0.4, 0.5) is 0 Å². The van der Waals surface area contributed by atoms with Crippen LogP contribution in [0.5, 0.6) is 0 Å². The van der Waals surface area contributed by atoms with Gasteiger partial charge in [0.2, 0.25) is 0 Å². The molecule has 2 heteroatoms. The van der Waals surface area contributed by atoms with E-state index in [4.69, 9.17) is 5.73 Å². The third kappa shape index (κ3) is 1.92. The Balaban J connectivity index is 1.67. The van der Waals surface area contributed by atoms with Gasteiger partial charge in [-0.2, -0.15) is 0 Å². The molecular formula is C17H24N2. The molecule has 0 radical (unpaired) electrons. The summed E-state index contributed by atoms with van der Waals surface area (Å²) in [7, 11) is 0. The van der Waals surface area contributed by atoms with Gasteiger partial charge in [-0.15, -0.1) is 0 Å². The first-order valence-corrected chi connectivity index (χ1v) is 7.91. The van der Waals surface area contributed by atoms with Gasteiger partial charge in [-0.25, -0.2) is 0 Å². The Bertz CT molecular complexity index is 452. The van der Waals surface area contributed by atoms with Gasteiger partial charge in [0.1, 0.15) is 0 Å². The summed E-state index contributed by atoms with van der Waals surface area (Å²) in [6, 6.07) is 2.44. The zero-order valence-electron chi connectivity index (χ0n) is 11.8. The van der Waals surface area contributed by atoms with Crippen LogP contribution in [0.3, 0.4) is 0 Å². The first kappa shape index (κ1) is 11.9. The van der Waals surface area contributed by atoms with Gasteiger partial charge in [0.25, 0.3) is 0 Å². The van der Waals surface area contributed by atoms with Crippen LogP contribution in [0.1, 0.15) is 62.1 Å². The second-order valence-corrected chi connectivity index (χ2v) is 7.30. The first-order valence-electron chi connectivity index (χ1n) is 7.91. The van der Waals surface area contributed by atoms with Crippen molar-refractivity contribution in [2.75, 3.05) is 0 Å². The third-order valence-electron chi connectivity index (χ3n) is 5.92. The predicted molar refractivity (Wildman–Crippen MR) is 76.6 cm³/mol. The van der Waals surface area contributed by atoms with Gasteiger partial charge in [-0.3, -0.25) is 4.98 Å². The molecule has 0 aromatic carbocycles. The second-order valence-electron chi connectivity index (χ2n) is 7.30. The smallest absolute Gasteiger partial charge is 0.0315 e. The highest BCUT2D eigenvalue weighted by molar-refractivity contribution is 5.27. The monoisotopic (exact) mass is 256 g/mol. The number of hydrogen-bond donors (Lipinski definition) is 1. The van der Waals surface area contributed by atoms with Crippen molar-refractivity contribution in [3.63, 3.8) is 0 Å². The SMILES string of the molecule is CC(N)c1cncc(C2C3CC4CC(C3)CC2C4)c1. The van der Waals surface area contributed by atoms with Crippen molar-refractivity contribution in [1.82, 2.24) is 4.98 Å². The van der Waals surface area contributed by atoms with Gasteiger partial charge in [-0.1, -0.05) is 6.07 Å². The molecule has 0 spiro atoms. The molecule has 0 saturated heterocycles. The molecule has 4 fully saturated rings. The van der Waals surface area contributed by atoms with Crippen LogP contribution in [0.25, 0.3) is 0 Å². The summed E-state index contributed by atoms with van der Waals surface area (Å²) >= 11 is 0. The molecule has 19 heavy (non-hydrogen) atoms. The molecule has 2 N–H and O–H groups in total. The van der Waals surface area contributed by atoms with E-state index in [1.165, 1.54) is 43.2 Å². The molecule has 4 aliphatic rings. The Morgan fingerprint density at radius 1 is 1.05 bits per heavy atom. The molecule has 1 atom stereocenters. The fourth-order valence-electron chi connectivity index (χ4n) is 5.38. The quantitative estimate of drug-likeness (QED) is 0.877. The largest absolute Gasteiger partial charge is 0.324 e. The lowest BCUT2D eigenvalue weighted by atomic mass is 9.51. The lowest BCUT2D eigenvalue weighted by molar-refractivity contribution is -0.00291. The second kappa shape index (κ2) is 4.31. The minimum atomic E-state index is 0.101. The van der Waals surface area contributed by atoms with Crippen LogP contribution in [0.2, 0.25) is 0 Å². The van der Waals surface area contributed by atoms with Gasteiger partial charge in [0.05, 0.1) is 0 Å². The molecule has 1 aromatic rings. The molecule has 4 aliphatic carbocycles. The van der Waals surface area contributed by atoms with E-state index in [0.29, 0.717) is 0 Å². The average Bonchev–Trinajstić information content (AvgIpc) is 2.37. The molecule has 1 unspecified atom stereocenters. The summed E-state index contributed by atoms with van der Waals surface area (Å²) in [5, 5.41) is 0. The van der Waals surface area contributed by atoms with E-state index < -0.39 is 0 Å². The lowest BCUT2D eigenvalue weighted by Gasteiger charge is -2.54. The van der Waals surface area contributed by atoms with Crippen LogP contribution in [0, 0.1) is 23.7 Å². The molecule has 5 rings (SSSR count). The van der Waals surface area contributed by atoms with Crippen molar-refractivity contribution in [1.29, 1.82) is 0 Å². The number of rotatable bonds is 2. The summed E-state index contributed by atoms with van der Waals surface area (Å²) in [6.07, 6.45) is 11.5. The number of aromatic nitrogens is 1. The summed E-state index contributed by atoms with van der Waals surface area (Å²) in [5.74, 6) is 4.73. The Kier molecular flexibility index (Phi) is 2.70. The van der Waals surface area contributed by atoms with Crippen LogP contribution in [0.15, 0.2) is 18.5 Å². The summed E-state index contributed by atoms with van der Waals surface area (Å²) in [6.45, 7) is 2.05. The molecule has 0 aliphatic heterocycles. The van der Waals surface area contributed by atoms with E-state index in [9.17, 15) is 0 Å². The molecule has 0 amide bonds. The molecule has 1 aromatic heterocycles. The third-order valence-corrected chi connectivity index (χ3v) is 5.92. The van der Waals surface area contributed by atoms with Crippen molar-refractivity contribution in [2.45, 2.75) is 51.0 Å². The van der Waals surface area contributed by atoms with Crippen molar-refractivity contribution >= 4 is 0 Å². The number of hydrogen-bond acceptors (Lipinski definition) is 2. The zero-order chi connectivity index (χ0) is 13.0. The van der Waals surface area contributed by atoms with Crippen molar-refractivity contribution < 1.29 is 0 Å². The van der Waals surface area contributed by atoms with Gasteiger partial charge in [0.15, 0.2) is 0 Å². The maximum absolute atomic E-state index is 6.02. The van der Waals surface area contributed by atoms with E-state index in [0.717, 1.165) is 29.6 Å². The van der Waals surface area contributed by atoms with Gasteiger partial charge in [0, 0.05) is 18.4 Å². The van der Waals surface area contributed by atoms with Gasteiger partial charge < -0.3 is 5.73 Å². The highest BCUT2D eigenvalue weighted by Gasteiger charge is 2.48. The number of nitrogens with zero attached hydrogens (tertiary/aromatic N) is 1. The standard InChI is InChI=1S/C17H24N2/c1-10(18)15-7-16(9-19-8-15)17-13-3-11-2-12(5-13)6-14(17)4-11/h7-14,17H,2-6,18H2,1H3. The Morgan fingerprint density at radius 2 is 1.68 bits per heavy atom. The normalized spacial score (nSPS) is 41.5. The molecule has 2 nitrogen and oxygen atoms in total. The van der Waals surface area contributed by atoms with E-state index in [2.05, 4.69) is 24.2 Å². The molecule has 102 valence electrons. The Hall–Kier alpha value is -0.890. The number of nitrogens with two attached hydrogens (primary N) is 1.